The first-order valence-electron chi connectivity index (χ1n) is 7.52. The summed E-state index contributed by atoms with van der Waals surface area (Å²) < 4.78 is 37.8. The summed E-state index contributed by atoms with van der Waals surface area (Å²) in [6, 6.07) is 16.0. The second-order valence-corrected chi connectivity index (χ2v) is 5.41. The van der Waals surface area contributed by atoms with Crippen molar-refractivity contribution in [3.05, 3.63) is 71.9 Å². The number of aryl methyl sites for hydroxylation is 1. The quantitative estimate of drug-likeness (QED) is 0.675. The molecular formula is C18H15F3N4. The van der Waals surface area contributed by atoms with E-state index in [2.05, 4.69) is 20.6 Å². The fourth-order valence-electron chi connectivity index (χ4n) is 2.23. The third-order valence-corrected chi connectivity index (χ3v) is 3.37. The highest BCUT2D eigenvalue weighted by Crippen LogP contribution is 2.30. The number of anilines is 4. The molecular weight excluding hydrogens is 329 g/mol. The molecule has 1 heterocycles. The summed E-state index contributed by atoms with van der Waals surface area (Å²) in [7, 11) is 0. The van der Waals surface area contributed by atoms with Crippen LogP contribution in [0.4, 0.5) is 36.3 Å². The molecule has 0 atom stereocenters. The van der Waals surface area contributed by atoms with E-state index in [1.165, 1.54) is 12.1 Å². The van der Waals surface area contributed by atoms with Crippen LogP contribution in [0, 0.1) is 6.92 Å². The van der Waals surface area contributed by atoms with Crippen LogP contribution in [0.2, 0.25) is 0 Å². The summed E-state index contributed by atoms with van der Waals surface area (Å²) in [5.74, 6) is 0.895. The van der Waals surface area contributed by atoms with Crippen molar-refractivity contribution in [2.75, 3.05) is 10.6 Å². The molecule has 0 saturated carbocycles. The Bertz CT molecular complexity index is 846. The zero-order valence-electron chi connectivity index (χ0n) is 13.3. The molecule has 0 bridgehead atoms. The highest BCUT2D eigenvalue weighted by atomic mass is 19.4. The molecule has 0 radical (unpaired) electrons. The first kappa shape index (κ1) is 16.8. The van der Waals surface area contributed by atoms with E-state index in [4.69, 9.17) is 0 Å². The highest BCUT2D eigenvalue weighted by Gasteiger charge is 2.29. The van der Waals surface area contributed by atoms with Crippen molar-refractivity contribution in [3.63, 3.8) is 0 Å². The molecule has 2 aromatic carbocycles. The Morgan fingerprint density at radius 2 is 1.44 bits per heavy atom. The van der Waals surface area contributed by atoms with Gasteiger partial charge in [0, 0.05) is 23.1 Å². The number of aromatic nitrogens is 2. The van der Waals surface area contributed by atoms with Crippen molar-refractivity contribution in [1.29, 1.82) is 0 Å². The Kier molecular flexibility index (Phi) is 4.56. The van der Waals surface area contributed by atoms with Gasteiger partial charge in [-0.15, -0.1) is 0 Å². The topological polar surface area (TPSA) is 49.8 Å². The normalized spacial score (nSPS) is 11.2. The zero-order valence-corrected chi connectivity index (χ0v) is 13.3. The van der Waals surface area contributed by atoms with Gasteiger partial charge < -0.3 is 10.6 Å². The Hall–Kier alpha value is -3.09. The number of rotatable bonds is 4. The lowest BCUT2D eigenvalue weighted by molar-refractivity contribution is -0.137. The van der Waals surface area contributed by atoms with Crippen LogP contribution in [0.3, 0.4) is 0 Å². The molecule has 0 saturated heterocycles. The van der Waals surface area contributed by atoms with Crippen LogP contribution in [0.1, 0.15) is 11.3 Å². The standard InChI is InChI=1S/C18H15F3N4/c1-12-11-16(23-14-5-3-2-4-6-14)25-17(22-12)24-15-9-7-13(8-10-15)18(19,20)21/h2-11H,1H3,(H2,22,23,24,25). The second-order valence-electron chi connectivity index (χ2n) is 5.41. The van der Waals surface area contributed by atoms with E-state index in [1.807, 2.05) is 37.3 Å². The van der Waals surface area contributed by atoms with Gasteiger partial charge in [-0.2, -0.15) is 18.2 Å². The van der Waals surface area contributed by atoms with Gasteiger partial charge in [-0.05, 0) is 43.3 Å². The van der Waals surface area contributed by atoms with Crippen molar-refractivity contribution < 1.29 is 13.2 Å². The summed E-state index contributed by atoms with van der Waals surface area (Å²) in [4.78, 5) is 8.60. The average molecular weight is 344 g/mol. The predicted octanol–water partition coefficient (Wildman–Crippen LogP) is 5.29. The average Bonchev–Trinajstić information content (AvgIpc) is 2.55. The number of alkyl halides is 3. The highest BCUT2D eigenvalue weighted by molar-refractivity contribution is 5.60. The fraction of sp³-hybridized carbons (Fsp3) is 0.111. The summed E-state index contributed by atoms with van der Waals surface area (Å²) in [6.45, 7) is 1.82. The molecule has 0 aliphatic heterocycles. The van der Waals surface area contributed by atoms with Gasteiger partial charge in [0.15, 0.2) is 0 Å². The molecule has 7 heteroatoms. The molecule has 128 valence electrons. The molecule has 0 aliphatic carbocycles. The van der Waals surface area contributed by atoms with Crippen LogP contribution in [0.5, 0.6) is 0 Å². The van der Waals surface area contributed by atoms with Crippen LogP contribution in [-0.4, -0.2) is 9.97 Å². The van der Waals surface area contributed by atoms with E-state index in [1.54, 1.807) is 6.07 Å². The Morgan fingerprint density at radius 3 is 2.08 bits per heavy atom. The summed E-state index contributed by atoms with van der Waals surface area (Å²) in [6.07, 6.45) is -4.36. The van der Waals surface area contributed by atoms with Crippen molar-refractivity contribution in [3.8, 4) is 0 Å². The zero-order chi connectivity index (χ0) is 17.9. The molecule has 0 aliphatic rings. The molecule has 2 N–H and O–H groups in total. The number of nitrogens with zero attached hydrogens (tertiary/aromatic N) is 2. The van der Waals surface area contributed by atoms with Gasteiger partial charge in [0.25, 0.3) is 0 Å². The van der Waals surface area contributed by atoms with E-state index >= 15 is 0 Å². The predicted molar refractivity (Wildman–Crippen MR) is 91.2 cm³/mol. The van der Waals surface area contributed by atoms with Gasteiger partial charge >= 0.3 is 6.18 Å². The number of halogens is 3. The van der Waals surface area contributed by atoms with E-state index in [-0.39, 0.29) is 0 Å². The minimum Gasteiger partial charge on any atom is -0.340 e. The van der Waals surface area contributed by atoms with Crippen molar-refractivity contribution >= 4 is 23.1 Å². The number of hydrogen-bond acceptors (Lipinski definition) is 4. The van der Waals surface area contributed by atoms with Gasteiger partial charge in [0.05, 0.1) is 5.56 Å². The smallest absolute Gasteiger partial charge is 0.340 e. The van der Waals surface area contributed by atoms with Crippen molar-refractivity contribution in [1.82, 2.24) is 9.97 Å². The SMILES string of the molecule is Cc1cc(Nc2ccccc2)nc(Nc2ccc(C(F)(F)F)cc2)n1. The summed E-state index contributed by atoms with van der Waals surface area (Å²) in [5, 5.41) is 6.08. The lowest BCUT2D eigenvalue weighted by atomic mass is 10.2. The van der Waals surface area contributed by atoms with Gasteiger partial charge in [0.2, 0.25) is 5.95 Å². The largest absolute Gasteiger partial charge is 0.416 e. The van der Waals surface area contributed by atoms with Crippen molar-refractivity contribution in [2.24, 2.45) is 0 Å². The summed E-state index contributed by atoms with van der Waals surface area (Å²) in [5.41, 5.74) is 1.38. The third-order valence-electron chi connectivity index (χ3n) is 3.37. The maximum atomic E-state index is 12.6. The minimum absolute atomic E-state index is 0.304. The lowest BCUT2D eigenvalue weighted by Crippen LogP contribution is -2.05. The maximum absolute atomic E-state index is 12.6. The molecule has 4 nitrogen and oxygen atoms in total. The number of nitrogens with one attached hydrogen (secondary N) is 2. The molecule has 1 aromatic heterocycles. The van der Waals surface area contributed by atoms with Crippen LogP contribution < -0.4 is 10.6 Å². The Balaban J connectivity index is 1.78. The molecule has 0 fully saturated rings. The van der Waals surface area contributed by atoms with Crippen LogP contribution >= 0.6 is 0 Å². The maximum Gasteiger partial charge on any atom is 0.416 e. The van der Waals surface area contributed by atoms with Crippen molar-refractivity contribution in [2.45, 2.75) is 13.1 Å². The van der Waals surface area contributed by atoms with E-state index in [9.17, 15) is 13.2 Å². The molecule has 0 spiro atoms. The van der Waals surface area contributed by atoms with Gasteiger partial charge in [0.1, 0.15) is 5.82 Å². The minimum atomic E-state index is -4.36. The van der Waals surface area contributed by atoms with Crippen LogP contribution in [0.15, 0.2) is 60.7 Å². The van der Waals surface area contributed by atoms with Crippen LogP contribution in [0.25, 0.3) is 0 Å². The van der Waals surface area contributed by atoms with E-state index in [0.717, 1.165) is 23.5 Å². The van der Waals surface area contributed by atoms with Crippen LogP contribution in [-0.2, 0) is 6.18 Å². The molecule has 0 unspecified atom stereocenters. The number of para-hydroxylation sites is 1. The monoisotopic (exact) mass is 344 g/mol. The lowest BCUT2D eigenvalue weighted by Gasteiger charge is -2.11. The number of benzene rings is 2. The Morgan fingerprint density at radius 1 is 0.800 bits per heavy atom. The third kappa shape index (κ3) is 4.47. The second kappa shape index (κ2) is 6.80. The van der Waals surface area contributed by atoms with Gasteiger partial charge in [-0.25, -0.2) is 4.98 Å². The number of hydrogen-bond donors (Lipinski definition) is 2. The molecule has 3 aromatic rings. The Labute approximate surface area is 142 Å². The van der Waals surface area contributed by atoms with Gasteiger partial charge in [-0.3, -0.25) is 0 Å². The fourth-order valence-corrected chi connectivity index (χ4v) is 2.23. The van der Waals surface area contributed by atoms with Gasteiger partial charge in [-0.1, -0.05) is 18.2 Å². The van der Waals surface area contributed by atoms with E-state index in [0.29, 0.717) is 17.5 Å². The summed E-state index contributed by atoms with van der Waals surface area (Å²) >= 11 is 0. The van der Waals surface area contributed by atoms with E-state index < -0.39 is 11.7 Å². The first-order valence-corrected chi connectivity index (χ1v) is 7.52. The molecule has 3 rings (SSSR count). The first-order chi connectivity index (χ1) is 11.9. The molecule has 0 amide bonds. The molecule has 25 heavy (non-hydrogen) atoms.